The van der Waals surface area contributed by atoms with Crippen LogP contribution in [0, 0.1) is 11.7 Å². The predicted octanol–water partition coefficient (Wildman–Crippen LogP) is 4.46. The number of Topliss-reactive ketones (excluding diaryl/α,β-unsaturated/α-hetero) is 1. The van der Waals surface area contributed by atoms with Gasteiger partial charge < -0.3 is 5.32 Å². The number of hydrogen-bond acceptors (Lipinski definition) is 4. The third-order valence-corrected chi connectivity index (χ3v) is 9.20. The Morgan fingerprint density at radius 1 is 0.973 bits per heavy atom. The first-order valence-electron chi connectivity index (χ1n) is 12.1. The molecule has 9 heteroatoms. The molecule has 37 heavy (non-hydrogen) atoms. The highest BCUT2D eigenvalue weighted by molar-refractivity contribution is 7.89. The van der Waals surface area contributed by atoms with E-state index in [1.54, 1.807) is 6.07 Å². The van der Waals surface area contributed by atoms with Gasteiger partial charge in [-0.05, 0) is 79.1 Å². The van der Waals surface area contributed by atoms with Gasteiger partial charge in [-0.25, -0.2) is 17.5 Å². The van der Waals surface area contributed by atoms with Crippen LogP contribution in [0.5, 0.6) is 0 Å². The van der Waals surface area contributed by atoms with Crippen molar-refractivity contribution in [2.24, 2.45) is 5.92 Å². The van der Waals surface area contributed by atoms with Crippen molar-refractivity contribution in [2.45, 2.75) is 48.6 Å². The molecule has 0 aliphatic heterocycles. The fraction of sp³-hybridized carbons (Fsp3) is 0.286. The molecule has 0 unspecified atom stereocenters. The monoisotopic (exact) mass is 540 g/mol. The Kier molecular flexibility index (Phi) is 6.91. The van der Waals surface area contributed by atoms with Crippen molar-refractivity contribution in [1.29, 1.82) is 0 Å². The van der Waals surface area contributed by atoms with Crippen molar-refractivity contribution >= 4 is 33.3 Å². The van der Waals surface area contributed by atoms with Gasteiger partial charge >= 0.3 is 0 Å². The van der Waals surface area contributed by atoms with Crippen LogP contribution in [-0.2, 0) is 27.7 Å². The highest BCUT2D eigenvalue weighted by Crippen LogP contribution is 2.57. The first kappa shape index (κ1) is 25.6. The minimum absolute atomic E-state index is 0.0134. The van der Waals surface area contributed by atoms with Crippen molar-refractivity contribution in [3.8, 4) is 0 Å². The van der Waals surface area contributed by atoms with Crippen molar-refractivity contribution in [2.75, 3.05) is 0 Å². The Morgan fingerprint density at radius 2 is 1.65 bits per heavy atom. The number of nitrogens with one attached hydrogen (secondary N) is 2. The topological polar surface area (TPSA) is 92.3 Å². The van der Waals surface area contributed by atoms with Gasteiger partial charge in [-0.15, -0.1) is 0 Å². The lowest BCUT2D eigenvalue weighted by molar-refractivity contribution is -0.120. The largest absolute Gasteiger partial charge is 0.342 e. The Hall–Kier alpha value is -3.07. The normalized spacial score (nSPS) is 20.9. The van der Waals surface area contributed by atoms with E-state index in [-0.39, 0.29) is 39.6 Å². The molecule has 1 atom stereocenters. The van der Waals surface area contributed by atoms with E-state index in [9.17, 15) is 22.4 Å². The quantitative estimate of drug-likeness (QED) is 0.397. The van der Waals surface area contributed by atoms with E-state index in [2.05, 4.69) is 10.0 Å². The molecular weight excluding hydrogens is 515 g/mol. The maximum absolute atomic E-state index is 13.3. The van der Waals surface area contributed by atoms with Crippen molar-refractivity contribution in [3.05, 3.63) is 100 Å². The van der Waals surface area contributed by atoms with E-state index in [1.807, 2.05) is 30.3 Å². The average Bonchev–Trinajstić information content (AvgIpc) is 2.81. The molecule has 3 aromatic rings. The van der Waals surface area contributed by atoms with Gasteiger partial charge in [0.1, 0.15) is 10.7 Å². The van der Waals surface area contributed by atoms with Gasteiger partial charge in [-0.1, -0.05) is 48.0 Å². The van der Waals surface area contributed by atoms with Crippen molar-refractivity contribution < 1.29 is 22.4 Å². The van der Waals surface area contributed by atoms with Crippen LogP contribution in [0.15, 0.2) is 77.7 Å². The summed E-state index contributed by atoms with van der Waals surface area (Å²) in [5.41, 5.74) is 1.31. The molecule has 0 aromatic heterocycles. The first-order valence-corrected chi connectivity index (χ1v) is 13.9. The molecule has 3 fully saturated rings. The Morgan fingerprint density at radius 3 is 2.24 bits per heavy atom. The number of rotatable bonds is 10. The van der Waals surface area contributed by atoms with E-state index in [0.717, 1.165) is 24.8 Å². The maximum atomic E-state index is 13.3. The number of halogens is 2. The number of benzene rings is 3. The number of ketones is 1. The zero-order valence-electron chi connectivity index (χ0n) is 19.9. The summed E-state index contributed by atoms with van der Waals surface area (Å²) in [6.07, 6.45) is 2.80. The van der Waals surface area contributed by atoms with Gasteiger partial charge in [-0.2, -0.15) is 0 Å². The number of amides is 1. The lowest BCUT2D eigenvalue weighted by atomic mass is 9.50. The SMILES string of the molecule is O=C(N[C@@H](Cc1ccccc1)C(=O)Cc1ccc(S(=O)(=O)NC23CC(C2)C3)c(Cl)c1)c1ccc(F)cc1. The number of sulfonamides is 1. The zero-order chi connectivity index (χ0) is 26.2. The molecule has 3 saturated carbocycles. The van der Waals surface area contributed by atoms with Crippen LogP contribution in [0.4, 0.5) is 4.39 Å². The molecule has 6 nitrogen and oxygen atoms in total. The molecule has 3 aliphatic rings. The summed E-state index contributed by atoms with van der Waals surface area (Å²) in [5.74, 6) is -0.597. The summed E-state index contributed by atoms with van der Waals surface area (Å²) in [6, 6.07) is 18.0. The van der Waals surface area contributed by atoms with Gasteiger partial charge in [0.15, 0.2) is 5.78 Å². The third kappa shape index (κ3) is 5.61. The summed E-state index contributed by atoms with van der Waals surface area (Å²) in [4.78, 5) is 26.1. The molecule has 0 saturated heterocycles. The van der Waals surface area contributed by atoms with E-state index in [1.165, 1.54) is 36.4 Å². The van der Waals surface area contributed by atoms with E-state index in [0.29, 0.717) is 11.5 Å². The summed E-state index contributed by atoms with van der Waals surface area (Å²) in [7, 11) is -3.77. The van der Waals surface area contributed by atoms with Crippen LogP contribution >= 0.6 is 11.6 Å². The second-order valence-corrected chi connectivity index (χ2v) is 12.1. The molecule has 3 aliphatic carbocycles. The summed E-state index contributed by atoms with van der Waals surface area (Å²) < 4.78 is 41.8. The first-order chi connectivity index (χ1) is 17.6. The molecule has 6 rings (SSSR count). The van der Waals surface area contributed by atoms with E-state index < -0.39 is 27.8 Å². The number of hydrogen-bond donors (Lipinski definition) is 2. The second kappa shape index (κ2) is 10.0. The zero-order valence-corrected chi connectivity index (χ0v) is 21.5. The fourth-order valence-corrected chi connectivity index (χ4v) is 7.08. The standard InChI is InChI=1S/C28H26ClFN2O4S/c29-23-12-19(6-11-26(23)37(35,36)32-28-15-20(16-28)17-28)14-25(33)24(13-18-4-2-1-3-5-18)31-27(34)21-7-9-22(30)10-8-21/h1-12,20,24,32H,13-17H2,(H,31,34)/t20?,24-,28?/m0/s1. The van der Waals surface area contributed by atoms with Crippen LogP contribution in [0.3, 0.4) is 0 Å². The van der Waals surface area contributed by atoms with Crippen molar-refractivity contribution in [1.82, 2.24) is 10.0 Å². The number of carbonyl (C=O) groups excluding carboxylic acids is 2. The van der Waals surface area contributed by atoms with Gasteiger partial charge in [0, 0.05) is 17.5 Å². The maximum Gasteiger partial charge on any atom is 0.251 e. The Bertz CT molecular complexity index is 1430. The Labute approximate surface area is 220 Å². The summed E-state index contributed by atoms with van der Waals surface area (Å²) in [5, 5.41) is 2.81. The molecule has 192 valence electrons. The molecule has 2 bridgehead atoms. The van der Waals surface area contributed by atoms with Crippen LogP contribution in [0.25, 0.3) is 0 Å². The lowest BCUT2D eigenvalue weighted by Crippen LogP contribution is -2.67. The van der Waals surface area contributed by atoms with Gasteiger partial charge in [0.2, 0.25) is 10.0 Å². The molecule has 3 aromatic carbocycles. The second-order valence-electron chi connectivity index (χ2n) is 9.99. The molecule has 0 heterocycles. The van der Waals surface area contributed by atoms with Crippen LogP contribution in [0.1, 0.15) is 40.7 Å². The molecular formula is C28H26ClFN2O4S. The minimum atomic E-state index is -3.77. The van der Waals surface area contributed by atoms with Crippen LogP contribution < -0.4 is 10.0 Å². The average molecular weight is 541 g/mol. The van der Waals surface area contributed by atoms with Gasteiger partial charge in [0.25, 0.3) is 5.91 Å². The predicted molar refractivity (Wildman–Crippen MR) is 138 cm³/mol. The molecule has 1 amide bonds. The highest BCUT2D eigenvalue weighted by atomic mass is 35.5. The molecule has 0 spiro atoms. The fourth-order valence-electron chi connectivity index (χ4n) is 5.08. The van der Waals surface area contributed by atoms with Gasteiger partial charge in [0.05, 0.1) is 11.1 Å². The summed E-state index contributed by atoms with van der Waals surface area (Å²) >= 11 is 6.36. The van der Waals surface area contributed by atoms with Gasteiger partial charge in [-0.3, -0.25) is 9.59 Å². The third-order valence-electron chi connectivity index (χ3n) is 7.14. The van der Waals surface area contributed by atoms with E-state index in [4.69, 9.17) is 11.6 Å². The number of carbonyl (C=O) groups is 2. The minimum Gasteiger partial charge on any atom is -0.342 e. The van der Waals surface area contributed by atoms with Crippen molar-refractivity contribution in [3.63, 3.8) is 0 Å². The Balaban J connectivity index is 1.31. The van der Waals surface area contributed by atoms with Crippen LogP contribution in [-0.4, -0.2) is 31.7 Å². The molecule has 2 N–H and O–H groups in total. The highest BCUT2D eigenvalue weighted by Gasteiger charge is 2.58. The molecule has 0 radical (unpaired) electrons. The summed E-state index contributed by atoms with van der Waals surface area (Å²) in [6.45, 7) is 0. The van der Waals surface area contributed by atoms with Crippen LogP contribution in [0.2, 0.25) is 5.02 Å². The van der Waals surface area contributed by atoms with E-state index >= 15 is 0 Å². The smallest absolute Gasteiger partial charge is 0.251 e. The lowest BCUT2D eigenvalue weighted by Gasteiger charge is -2.61.